The van der Waals surface area contributed by atoms with Gasteiger partial charge in [-0.25, -0.2) is 4.98 Å². The number of ether oxygens (including phenoxy) is 1. The average molecular weight is 288 g/mol. The minimum atomic E-state index is -0.443. The average Bonchev–Trinajstić information content (AvgIpc) is 2.98. The molecule has 2 N–H and O–H groups in total. The molecule has 2 heterocycles. The molecule has 6 nitrogen and oxygen atoms in total. The number of pyridine rings is 1. The van der Waals surface area contributed by atoms with Gasteiger partial charge in [0.25, 0.3) is 0 Å². The monoisotopic (exact) mass is 288 g/mol. The van der Waals surface area contributed by atoms with Crippen molar-refractivity contribution in [2.24, 2.45) is 5.73 Å². The smallest absolute Gasteiger partial charge is 0.246 e. The topological polar surface area (TPSA) is 87.1 Å². The van der Waals surface area contributed by atoms with E-state index in [0.29, 0.717) is 24.0 Å². The Morgan fingerprint density at radius 2 is 2.10 bits per heavy atom. The van der Waals surface area contributed by atoms with Crippen molar-refractivity contribution in [3.63, 3.8) is 0 Å². The van der Waals surface area contributed by atoms with Crippen LogP contribution in [0.1, 0.15) is 49.4 Å². The summed E-state index contributed by atoms with van der Waals surface area (Å²) in [5.41, 5.74) is 6.97. The molecule has 0 atom stereocenters. The Morgan fingerprint density at radius 3 is 2.76 bits per heavy atom. The number of hydrogen-bond donors (Lipinski definition) is 1. The van der Waals surface area contributed by atoms with Gasteiger partial charge in [-0.05, 0) is 18.4 Å². The molecule has 0 aliphatic heterocycles. The summed E-state index contributed by atoms with van der Waals surface area (Å²) in [6.45, 7) is 0. The molecule has 6 heteroatoms. The second kappa shape index (κ2) is 5.81. The van der Waals surface area contributed by atoms with Crippen LogP contribution >= 0.6 is 0 Å². The third kappa shape index (κ3) is 3.05. The summed E-state index contributed by atoms with van der Waals surface area (Å²) in [4.78, 5) is 8.65. The highest BCUT2D eigenvalue weighted by Crippen LogP contribution is 2.33. The molecule has 2 aromatic heterocycles. The summed E-state index contributed by atoms with van der Waals surface area (Å²) in [5.74, 6) is 1.81. The van der Waals surface area contributed by atoms with Gasteiger partial charge in [-0.3, -0.25) is 0 Å². The lowest BCUT2D eigenvalue weighted by atomic mass is 9.82. The fraction of sp³-hybridized carbons (Fsp3) is 0.533. The van der Waals surface area contributed by atoms with Gasteiger partial charge in [0, 0.05) is 18.7 Å². The lowest BCUT2D eigenvalue weighted by Crippen LogP contribution is -2.39. The van der Waals surface area contributed by atoms with Gasteiger partial charge in [0.2, 0.25) is 11.8 Å². The third-order valence-electron chi connectivity index (χ3n) is 4.01. The van der Waals surface area contributed by atoms with E-state index in [-0.39, 0.29) is 0 Å². The predicted molar refractivity (Wildman–Crippen MR) is 76.8 cm³/mol. The van der Waals surface area contributed by atoms with Crippen LogP contribution in [-0.4, -0.2) is 22.2 Å². The minimum absolute atomic E-state index is 0.443. The highest BCUT2D eigenvalue weighted by atomic mass is 16.5. The van der Waals surface area contributed by atoms with E-state index in [1.807, 2.05) is 12.1 Å². The van der Waals surface area contributed by atoms with Crippen molar-refractivity contribution < 1.29 is 9.26 Å². The number of rotatable bonds is 4. The summed E-state index contributed by atoms with van der Waals surface area (Å²) < 4.78 is 10.4. The summed E-state index contributed by atoms with van der Waals surface area (Å²) in [7, 11) is 1.60. The maximum absolute atomic E-state index is 6.40. The van der Waals surface area contributed by atoms with Crippen LogP contribution < -0.4 is 10.5 Å². The largest absolute Gasteiger partial charge is 0.481 e. The normalized spacial score (nSPS) is 17.6. The van der Waals surface area contributed by atoms with Crippen LogP contribution in [0.2, 0.25) is 0 Å². The highest BCUT2D eigenvalue weighted by Gasteiger charge is 2.35. The zero-order chi connectivity index (χ0) is 14.7. The Kier molecular flexibility index (Phi) is 3.88. The van der Waals surface area contributed by atoms with E-state index in [2.05, 4.69) is 15.1 Å². The predicted octanol–water partition coefficient (Wildman–Crippen LogP) is 2.18. The van der Waals surface area contributed by atoms with E-state index in [1.54, 1.807) is 13.3 Å². The quantitative estimate of drug-likeness (QED) is 0.927. The van der Waals surface area contributed by atoms with Gasteiger partial charge >= 0.3 is 0 Å². The molecule has 1 aliphatic rings. The first kappa shape index (κ1) is 14.0. The summed E-state index contributed by atoms with van der Waals surface area (Å²) in [5, 5.41) is 4.05. The van der Waals surface area contributed by atoms with Crippen LogP contribution in [0.5, 0.6) is 5.88 Å². The maximum atomic E-state index is 6.40. The van der Waals surface area contributed by atoms with E-state index < -0.39 is 5.54 Å². The zero-order valence-corrected chi connectivity index (χ0v) is 12.2. The molecule has 1 fully saturated rings. The molecular formula is C15H20N4O2. The molecule has 0 aromatic carbocycles. The molecule has 0 radical (unpaired) electrons. The third-order valence-corrected chi connectivity index (χ3v) is 4.01. The van der Waals surface area contributed by atoms with E-state index in [1.165, 1.54) is 6.42 Å². The van der Waals surface area contributed by atoms with Gasteiger partial charge < -0.3 is 15.0 Å². The van der Waals surface area contributed by atoms with Gasteiger partial charge in [-0.15, -0.1) is 0 Å². The van der Waals surface area contributed by atoms with Crippen LogP contribution in [0.4, 0.5) is 0 Å². The van der Waals surface area contributed by atoms with Crippen LogP contribution in [-0.2, 0) is 12.0 Å². The van der Waals surface area contributed by atoms with Gasteiger partial charge in [0.05, 0.1) is 12.6 Å². The summed E-state index contributed by atoms with van der Waals surface area (Å²) >= 11 is 0. The lowest BCUT2D eigenvalue weighted by molar-refractivity contribution is 0.219. The van der Waals surface area contributed by atoms with Crippen molar-refractivity contribution in [1.29, 1.82) is 0 Å². The van der Waals surface area contributed by atoms with E-state index in [4.69, 9.17) is 15.0 Å². The van der Waals surface area contributed by atoms with Crippen molar-refractivity contribution >= 4 is 0 Å². The number of methoxy groups -OCH3 is 1. The van der Waals surface area contributed by atoms with Crippen molar-refractivity contribution in [2.45, 2.75) is 44.1 Å². The number of nitrogens with two attached hydrogens (primary N) is 1. The molecule has 3 rings (SSSR count). The Labute approximate surface area is 123 Å². The second-order valence-electron chi connectivity index (χ2n) is 5.62. The molecule has 0 spiro atoms. The van der Waals surface area contributed by atoms with Crippen molar-refractivity contribution in [3.05, 3.63) is 35.6 Å². The molecule has 0 bridgehead atoms. The van der Waals surface area contributed by atoms with Crippen molar-refractivity contribution in [2.75, 3.05) is 7.11 Å². The van der Waals surface area contributed by atoms with Crippen molar-refractivity contribution in [3.8, 4) is 5.88 Å². The molecule has 0 unspecified atom stereocenters. The van der Waals surface area contributed by atoms with E-state index in [0.717, 1.165) is 31.2 Å². The van der Waals surface area contributed by atoms with Gasteiger partial charge in [0.15, 0.2) is 5.82 Å². The Morgan fingerprint density at radius 1 is 1.29 bits per heavy atom. The minimum Gasteiger partial charge on any atom is -0.481 e. The number of nitrogens with zero attached hydrogens (tertiary/aromatic N) is 3. The molecule has 21 heavy (non-hydrogen) atoms. The fourth-order valence-corrected chi connectivity index (χ4v) is 2.74. The van der Waals surface area contributed by atoms with E-state index >= 15 is 0 Å². The first-order valence-electron chi connectivity index (χ1n) is 7.30. The van der Waals surface area contributed by atoms with E-state index in [9.17, 15) is 0 Å². The van der Waals surface area contributed by atoms with Gasteiger partial charge in [-0.1, -0.05) is 30.5 Å². The van der Waals surface area contributed by atoms with Crippen LogP contribution in [0.25, 0.3) is 0 Å². The van der Waals surface area contributed by atoms with Crippen LogP contribution in [0.15, 0.2) is 22.9 Å². The summed E-state index contributed by atoms with van der Waals surface area (Å²) in [6, 6.07) is 3.77. The molecule has 1 saturated carbocycles. The van der Waals surface area contributed by atoms with Crippen LogP contribution in [0.3, 0.4) is 0 Å². The zero-order valence-electron chi connectivity index (χ0n) is 12.2. The first-order chi connectivity index (χ1) is 10.2. The Balaban J connectivity index is 1.72. The molecule has 112 valence electrons. The SMILES string of the molecule is COc1ccc(Cc2noc(C3(N)CCCCC3)n2)cn1. The number of hydrogen-bond acceptors (Lipinski definition) is 6. The Bertz CT molecular complexity index is 588. The highest BCUT2D eigenvalue weighted by molar-refractivity contribution is 5.20. The Hall–Kier alpha value is -1.95. The molecule has 2 aromatic rings. The maximum Gasteiger partial charge on any atom is 0.246 e. The van der Waals surface area contributed by atoms with Crippen LogP contribution in [0, 0.1) is 0 Å². The molecule has 1 aliphatic carbocycles. The first-order valence-corrected chi connectivity index (χ1v) is 7.30. The number of aromatic nitrogens is 3. The molecule has 0 amide bonds. The summed E-state index contributed by atoms with van der Waals surface area (Å²) in [6.07, 6.45) is 7.65. The second-order valence-corrected chi connectivity index (χ2v) is 5.62. The lowest BCUT2D eigenvalue weighted by Gasteiger charge is -2.29. The van der Waals surface area contributed by atoms with Crippen molar-refractivity contribution in [1.82, 2.24) is 15.1 Å². The van der Waals surface area contributed by atoms with Gasteiger partial charge in [0.1, 0.15) is 0 Å². The fourth-order valence-electron chi connectivity index (χ4n) is 2.74. The standard InChI is InChI=1S/C15H20N4O2/c1-20-13-6-5-11(10-17-13)9-12-18-14(21-19-12)15(16)7-3-2-4-8-15/h5-6,10H,2-4,7-9,16H2,1H3. The molecular weight excluding hydrogens is 268 g/mol. The molecule has 0 saturated heterocycles. The van der Waals surface area contributed by atoms with Gasteiger partial charge in [-0.2, -0.15) is 4.98 Å².